The highest BCUT2D eigenvalue weighted by Crippen LogP contribution is 2.18. The Hall–Kier alpha value is -4.00. The van der Waals surface area contributed by atoms with E-state index in [1.165, 1.54) is 24.3 Å². The van der Waals surface area contributed by atoms with Gasteiger partial charge in [0.25, 0.3) is 5.91 Å². The molecule has 0 aliphatic heterocycles. The average molecular weight is 445 g/mol. The van der Waals surface area contributed by atoms with E-state index in [4.69, 9.17) is 4.98 Å². The van der Waals surface area contributed by atoms with E-state index < -0.39 is 0 Å². The van der Waals surface area contributed by atoms with Gasteiger partial charge in [-0.05, 0) is 61.9 Å². The van der Waals surface area contributed by atoms with Crippen LogP contribution in [0.25, 0.3) is 11.0 Å². The molecule has 0 saturated heterocycles. The third-order valence-electron chi connectivity index (χ3n) is 5.31. The van der Waals surface area contributed by atoms with Crippen LogP contribution in [0.1, 0.15) is 28.2 Å². The Morgan fingerprint density at radius 3 is 2.58 bits per heavy atom. The zero-order chi connectivity index (χ0) is 23.2. The smallest absolute Gasteiger partial charge is 0.251 e. The lowest BCUT2D eigenvalue weighted by atomic mass is 10.1. The molecule has 168 valence electrons. The van der Waals surface area contributed by atoms with Gasteiger partial charge >= 0.3 is 0 Å². The number of hydrogen-bond donors (Lipinski definition) is 2. The van der Waals surface area contributed by atoms with Crippen molar-refractivity contribution in [3.63, 3.8) is 0 Å². The Morgan fingerprint density at radius 1 is 1.00 bits per heavy atom. The number of rotatable bonds is 8. The second kappa shape index (κ2) is 10.1. The Labute approximate surface area is 191 Å². The largest absolute Gasteiger partial charge is 0.352 e. The SMILES string of the molecule is Cc1cccc(C(=O)NCCCc2nc3ccccc3n2CC(=O)Nc2ccc(F)cc2)c1. The highest BCUT2D eigenvalue weighted by Gasteiger charge is 2.14. The van der Waals surface area contributed by atoms with E-state index in [-0.39, 0.29) is 24.2 Å². The maximum absolute atomic E-state index is 13.1. The van der Waals surface area contributed by atoms with Crippen LogP contribution in [-0.2, 0) is 17.8 Å². The zero-order valence-electron chi connectivity index (χ0n) is 18.3. The lowest BCUT2D eigenvalue weighted by Crippen LogP contribution is -2.25. The average Bonchev–Trinajstić information content (AvgIpc) is 3.15. The number of para-hydroxylation sites is 2. The molecule has 0 aliphatic carbocycles. The van der Waals surface area contributed by atoms with Crippen molar-refractivity contribution >= 4 is 28.5 Å². The normalized spacial score (nSPS) is 10.8. The standard InChI is InChI=1S/C26H25FN4O2/c1-18-6-4-7-19(16-18)26(33)28-15-5-10-24-30-22-8-2-3-9-23(22)31(24)17-25(32)29-21-13-11-20(27)12-14-21/h2-4,6-9,11-14,16H,5,10,15,17H2,1H3,(H,28,33)(H,29,32). The van der Waals surface area contributed by atoms with Gasteiger partial charge in [-0.15, -0.1) is 0 Å². The third kappa shape index (κ3) is 5.63. The molecule has 0 fully saturated rings. The fourth-order valence-electron chi connectivity index (χ4n) is 3.71. The van der Waals surface area contributed by atoms with Gasteiger partial charge in [0, 0.05) is 24.2 Å². The first-order chi connectivity index (χ1) is 16.0. The van der Waals surface area contributed by atoms with Crippen LogP contribution < -0.4 is 10.6 Å². The molecule has 2 amide bonds. The van der Waals surface area contributed by atoms with Crippen molar-refractivity contribution < 1.29 is 14.0 Å². The van der Waals surface area contributed by atoms with Crippen molar-refractivity contribution in [2.75, 3.05) is 11.9 Å². The second-order valence-corrected chi connectivity index (χ2v) is 7.89. The number of aromatic nitrogens is 2. The molecule has 4 aromatic rings. The maximum atomic E-state index is 13.1. The second-order valence-electron chi connectivity index (χ2n) is 7.89. The van der Waals surface area contributed by atoms with Crippen LogP contribution in [0.5, 0.6) is 0 Å². The van der Waals surface area contributed by atoms with Crippen LogP contribution in [0.2, 0.25) is 0 Å². The zero-order valence-corrected chi connectivity index (χ0v) is 18.3. The molecule has 0 unspecified atom stereocenters. The summed E-state index contributed by atoms with van der Waals surface area (Å²) in [6.45, 7) is 2.54. The highest BCUT2D eigenvalue weighted by atomic mass is 19.1. The number of hydrogen-bond acceptors (Lipinski definition) is 3. The van der Waals surface area contributed by atoms with Gasteiger partial charge in [-0.25, -0.2) is 9.37 Å². The number of fused-ring (bicyclic) bond motifs is 1. The summed E-state index contributed by atoms with van der Waals surface area (Å²) in [5.74, 6) is 0.0882. The van der Waals surface area contributed by atoms with E-state index >= 15 is 0 Å². The molecule has 1 aromatic heterocycles. The molecule has 0 atom stereocenters. The maximum Gasteiger partial charge on any atom is 0.251 e. The van der Waals surface area contributed by atoms with E-state index in [1.807, 2.05) is 54.0 Å². The number of nitrogens with one attached hydrogen (secondary N) is 2. The summed E-state index contributed by atoms with van der Waals surface area (Å²) in [4.78, 5) is 29.7. The molecule has 2 N–H and O–H groups in total. The van der Waals surface area contributed by atoms with Gasteiger partial charge in [-0.2, -0.15) is 0 Å². The van der Waals surface area contributed by atoms with E-state index in [1.54, 1.807) is 6.07 Å². The number of carbonyl (C=O) groups excluding carboxylic acids is 2. The number of benzene rings is 3. The van der Waals surface area contributed by atoms with Crippen molar-refractivity contribution in [2.45, 2.75) is 26.3 Å². The Kier molecular flexibility index (Phi) is 6.78. The first kappa shape index (κ1) is 22.2. The number of anilines is 1. The minimum atomic E-state index is -0.356. The van der Waals surface area contributed by atoms with Crippen LogP contribution >= 0.6 is 0 Å². The minimum absolute atomic E-state index is 0.0862. The van der Waals surface area contributed by atoms with Gasteiger partial charge in [0.2, 0.25) is 5.91 Å². The quantitative estimate of drug-likeness (QED) is 0.393. The Balaban J connectivity index is 1.41. The van der Waals surface area contributed by atoms with E-state index in [0.29, 0.717) is 30.6 Å². The fraction of sp³-hybridized carbons (Fsp3) is 0.192. The summed E-state index contributed by atoms with van der Waals surface area (Å²) < 4.78 is 15.0. The van der Waals surface area contributed by atoms with Gasteiger partial charge in [0.05, 0.1) is 11.0 Å². The number of nitrogens with zero attached hydrogens (tertiary/aromatic N) is 2. The number of amides is 2. The van der Waals surface area contributed by atoms with Crippen LogP contribution in [0, 0.1) is 12.7 Å². The predicted octanol–water partition coefficient (Wildman–Crippen LogP) is 4.49. The number of carbonyl (C=O) groups is 2. The molecule has 0 aliphatic rings. The number of halogens is 1. The molecular formula is C26H25FN4O2. The molecule has 0 saturated carbocycles. The monoisotopic (exact) mass is 444 g/mol. The van der Waals surface area contributed by atoms with E-state index in [0.717, 1.165) is 22.4 Å². The molecule has 0 radical (unpaired) electrons. The summed E-state index contributed by atoms with van der Waals surface area (Å²) in [6, 6.07) is 20.8. The summed E-state index contributed by atoms with van der Waals surface area (Å²) >= 11 is 0. The first-order valence-corrected chi connectivity index (χ1v) is 10.8. The Morgan fingerprint density at radius 2 is 1.79 bits per heavy atom. The number of imidazole rings is 1. The van der Waals surface area contributed by atoms with Crippen molar-refractivity contribution in [3.8, 4) is 0 Å². The van der Waals surface area contributed by atoms with Crippen LogP contribution in [0.4, 0.5) is 10.1 Å². The van der Waals surface area contributed by atoms with E-state index in [9.17, 15) is 14.0 Å². The molecule has 4 rings (SSSR count). The molecule has 6 nitrogen and oxygen atoms in total. The van der Waals surface area contributed by atoms with Gasteiger partial charge < -0.3 is 15.2 Å². The minimum Gasteiger partial charge on any atom is -0.352 e. The molecule has 7 heteroatoms. The van der Waals surface area contributed by atoms with Gasteiger partial charge in [-0.3, -0.25) is 9.59 Å². The van der Waals surface area contributed by atoms with E-state index in [2.05, 4.69) is 10.6 Å². The summed E-state index contributed by atoms with van der Waals surface area (Å²) in [6.07, 6.45) is 1.28. The highest BCUT2D eigenvalue weighted by molar-refractivity contribution is 5.94. The van der Waals surface area contributed by atoms with Gasteiger partial charge in [0.15, 0.2) is 0 Å². The molecule has 33 heavy (non-hydrogen) atoms. The Bertz CT molecular complexity index is 1280. The van der Waals surface area contributed by atoms with Crippen molar-refractivity contribution in [3.05, 3.63) is 95.6 Å². The van der Waals surface area contributed by atoms with Crippen LogP contribution in [0.15, 0.2) is 72.8 Å². The van der Waals surface area contributed by atoms with Crippen molar-refractivity contribution in [1.82, 2.24) is 14.9 Å². The lowest BCUT2D eigenvalue weighted by molar-refractivity contribution is -0.116. The lowest BCUT2D eigenvalue weighted by Gasteiger charge is -2.11. The summed E-state index contributed by atoms with van der Waals surface area (Å²) in [5, 5.41) is 5.73. The summed E-state index contributed by atoms with van der Waals surface area (Å²) in [5.41, 5.74) is 3.89. The molecule has 3 aromatic carbocycles. The molecular weight excluding hydrogens is 419 g/mol. The molecule has 0 bridgehead atoms. The molecule has 0 spiro atoms. The van der Waals surface area contributed by atoms with Gasteiger partial charge in [-0.1, -0.05) is 29.8 Å². The predicted molar refractivity (Wildman–Crippen MR) is 127 cm³/mol. The number of aryl methyl sites for hydroxylation is 2. The van der Waals surface area contributed by atoms with Crippen LogP contribution in [0.3, 0.4) is 0 Å². The van der Waals surface area contributed by atoms with Crippen LogP contribution in [-0.4, -0.2) is 27.9 Å². The third-order valence-corrected chi connectivity index (χ3v) is 5.31. The van der Waals surface area contributed by atoms with Crippen molar-refractivity contribution in [2.24, 2.45) is 0 Å². The van der Waals surface area contributed by atoms with Crippen molar-refractivity contribution in [1.29, 1.82) is 0 Å². The molecule has 1 heterocycles. The van der Waals surface area contributed by atoms with Gasteiger partial charge in [0.1, 0.15) is 18.2 Å². The first-order valence-electron chi connectivity index (χ1n) is 10.8. The fourth-order valence-corrected chi connectivity index (χ4v) is 3.71. The summed E-state index contributed by atoms with van der Waals surface area (Å²) in [7, 11) is 0. The topological polar surface area (TPSA) is 76.0 Å².